The van der Waals surface area contributed by atoms with Crippen LogP contribution in [0.5, 0.6) is 0 Å². The van der Waals surface area contributed by atoms with Gasteiger partial charge in [0.2, 0.25) is 10.0 Å². The lowest BCUT2D eigenvalue weighted by molar-refractivity contribution is 0.0752. The van der Waals surface area contributed by atoms with Crippen molar-refractivity contribution < 1.29 is 17.9 Å². The highest BCUT2D eigenvalue weighted by Crippen LogP contribution is 2.19. The van der Waals surface area contributed by atoms with Crippen molar-refractivity contribution in [1.29, 1.82) is 0 Å². The minimum Gasteiger partial charge on any atom is -0.377 e. The van der Waals surface area contributed by atoms with Gasteiger partial charge in [-0.3, -0.25) is 4.79 Å². The first-order chi connectivity index (χ1) is 9.41. The molecule has 1 fully saturated rings. The van der Waals surface area contributed by atoms with Gasteiger partial charge in [-0.05, 0) is 32.4 Å². The van der Waals surface area contributed by atoms with E-state index in [1.807, 2.05) is 6.92 Å². The van der Waals surface area contributed by atoms with Crippen molar-refractivity contribution in [2.45, 2.75) is 31.3 Å². The second-order valence-corrected chi connectivity index (χ2v) is 6.92. The van der Waals surface area contributed by atoms with Gasteiger partial charge in [0.15, 0.2) is 5.78 Å². The molecule has 1 unspecified atom stereocenters. The second kappa shape index (κ2) is 6.03. The van der Waals surface area contributed by atoms with Crippen LogP contribution in [0.25, 0.3) is 0 Å². The lowest BCUT2D eigenvalue weighted by atomic mass is 10.2. The van der Waals surface area contributed by atoms with Crippen molar-refractivity contribution >= 4 is 15.8 Å². The number of ketones is 1. The van der Waals surface area contributed by atoms with Crippen LogP contribution in [-0.4, -0.2) is 44.3 Å². The Labute approximate surface area is 119 Å². The summed E-state index contributed by atoms with van der Waals surface area (Å²) in [6, 6.07) is 6.07. The Balaban J connectivity index is 2.26. The van der Waals surface area contributed by atoms with Gasteiger partial charge in [-0.1, -0.05) is 12.1 Å². The fourth-order valence-electron chi connectivity index (χ4n) is 2.19. The molecule has 0 amide bonds. The van der Waals surface area contributed by atoms with Crippen LogP contribution in [0.3, 0.4) is 0 Å². The van der Waals surface area contributed by atoms with E-state index < -0.39 is 10.0 Å². The van der Waals surface area contributed by atoms with Crippen molar-refractivity contribution in [2.75, 3.05) is 19.7 Å². The highest BCUT2D eigenvalue weighted by Gasteiger charge is 2.27. The van der Waals surface area contributed by atoms with E-state index in [2.05, 4.69) is 0 Å². The smallest absolute Gasteiger partial charge is 0.243 e. The van der Waals surface area contributed by atoms with Gasteiger partial charge in [0.25, 0.3) is 0 Å². The summed E-state index contributed by atoms with van der Waals surface area (Å²) in [5, 5.41) is 0. The number of benzene rings is 1. The van der Waals surface area contributed by atoms with Crippen LogP contribution in [0.2, 0.25) is 0 Å². The number of hydrogen-bond donors (Lipinski definition) is 0. The molecular weight excluding hydrogens is 278 g/mol. The number of sulfonamides is 1. The minimum absolute atomic E-state index is 0.0780. The Kier molecular flexibility index (Phi) is 4.57. The lowest BCUT2D eigenvalue weighted by Gasteiger charge is -2.21. The SMILES string of the molecule is CC(=O)c1ccc(S(=O)(=O)N2CCCOC(C)C2)cc1. The van der Waals surface area contributed by atoms with Gasteiger partial charge in [0.05, 0.1) is 11.0 Å². The number of hydrogen-bond acceptors (Lipinski definition) is 4. The molecule has 6 heteroatoms. The molecule has 0 aromatic heterocycles. The molecule has 110 valence electrons. The lowest BCUT2D eigenvalue weighted by Crippen LogP contribution is -2.35. The number of ether oxygens (including phenoxy) is 1. The Hall–Kier alpha value is -1.24. The zero-order chi connectivity index (χ0) is 14.8. The Morgan fingerprint density at radius 2 is 1.95 bits per heavy atom. The summed E-state index contributed by atoms with van der Waals surface area (Å²) in [7, 11) is -3.52. The third-order valence-electron chi connectivity index (χ3n) is 3.31. The molecule has 0 spiro atoms. The quantitative estimate of drug-likeness (QED) is 0.796. The molecule has 2 rings (SSSR count). The molecule has 0 saturated carbocycles. The first-order valence-corrected chi connectivity index (χ1v) is 8.08. The van der Waals surface area contributed by atoms with Gasteiger partial charge in [-0.25, -0.2) is 8.42 Å². The summed E-state index contributed by atoms with van der Waals surface area (Å²) in [5.41, 5.74) is 0.511. The third kappa shape index (κ3) is 3.26. The second-order valence-electron chi connectivity index (χ2n) is 4.98. The van der Waals surface area contributed by atoms with Gasteiger partial charge in [-0.15, -0.1) is 0 Å². The zero-order valence-electron chi connectivity index (χ0n) is 11.7. The average molecular weight is 297 g/mol. The molecule has 1 atom stereocenters. The van der Waals surface area contributed by atoms with Crippen LogP contribution in [0.15, 0.2) is 29.2 Å². The van der Waals surface area contributed by atoms with Gasteiger partial charge in [0, 0.05) is 25.3 Å². The van der Waals surface area contributed by atoms with E-state index in [0.29, 0.717) is 31.7 Å². The zero-order valence-corrected chi connectivity index (χ0v) is 12.5. The molecule has 20 heavy (non-hydrogen) atoms. The summed E-state index contributed by atoms with van der Waals surface area (Å²) < 4.78 is 32.0. The predicted octanol–water partition coefficient (Wildman–Crippen LogP) is 1.69. The normalized spacial score (nSPS) is 21.4. The van der Waals surface area contributed by atoms with E-state index in [1.165, 1.54) is 23.4 Å². The van der Waals surface area contributed by atoms with E-state index in [9.17, 15) is 13.2 Å². The van der Waals surface area contributed by atoms with Crippen LogP contribution in [0.4, 0.5) is 0 Å². The van der Waals surface area contributed by atoms with E-state index in [0.717, 1.165) is 0 Å². The Morgan fingerprint density at radius 1 is 1.30 bits per heavy atom. The summed E-state index contributed by atoms with van der Waals surface area (Å²) in [6.45, 7) is 4.72. The molecule has 5 nitrogen and oxygen atoms in total. The van der Waals surface area contributed by atoms with Crippen molar-refractivity contribution in [3.8, 4) is 0 Å². The topological polar surface area (TPSA) is 63.7 Å². The largest absolute Gasteiger partial charge is 0.377 e. The standard InChI is InChI=1S/C14H19NO4S/c1-11-10-15(8-3-9-19-11)20(17,18)14-6-4-13(5-7-14)12(2)16/h4-7,11H,3,8-10H2,1-2H3. The molecule has 1 aliphatic heterocycles. The maximum atomic E-state index is 12.6. The first-order valence-electron chi connectivity index (χ1n) is 6.64. The molecule has 0 aliphatic carbocycles. The van der Waals surface area contributed by atoms with Gasteiger partial charge in [0.1, 0.15) is 0 Å². The van der Waals surface area contributed by atoms with Gasteiger partial charge < -0.3 is 4.74 Å². The van der Waals surface area contributed by atoms with Crippen LogP contribution in [0.1, 0.15) is 30.6 Å². The summed E-state index contributed by atoms with van der Waals surface area (Å²) >= 11 is 0. The predicted molar refractivity (Wildman–Crippen MR) is 75.2 cm³/mol. The molecule has 1 heterocycles. The Bertz CT molecular complexity index is 580. The molecule has 1 saturated heterocycles. The van der Waals surface area contributed by atoms with Crippen LogP contribution in [-0.2, 0) is 14.8 Å². The van der Waals surface area contributed by atoms with Gasteiger partial charge >= 0.3 is 0 Å². The van der Waals surface area contributed by atoms with Crippen LogP contribution < -0.4 is 0 Å². The van der Waals surface area contributed by atoms with Gasteiger partial charge in [-0.2, -0.15) is 4.31 Å². The minimum atomic E-state index is -3.52. The van der Waals surface area contributed by atoms with Crippen molar-refractivity contribution in [2.24, 2.45) is 0 Å². The fourth-order valence-corrected chi connectivity index (χ4v) is 3.74. The molecule has 1 aromatic carbocycles. The fraction of sp³-hybridized carbons (Fsp3) is 0.500. The van der Waals surface area contributed by atoms with E-state index >= 15 is 0 Å². The average Bonchev–Trinajstić information content (AvgIpc) is 2.64. The molecule has 0 N–H and O–H groups in total. The first kappa shape index (κ1) is 15.2. The monoisotopic (exact) mass is 297 g/mol. The maximum absolute atomic E-state index is 12.6. The number of carbonyl (C=O) groups excluding carboxylic acids is 1. The number of nitrogens with zero attached hydrogens (tertiary/aromatic N) is 1. The number of carbonyl (C=O) groups is 1. The third-order valence-corrected chi connectivity index (χ3v) is 5.19. The number of rotatable bonds is 3. The highest BCUT2D eigenvalue weighted by atomic mass is 32.2. The summed E-state index contributed by atoms with van der Waals surface area (Å²) in [5.74, 6) is -0.0780. The molecule has 0 bridgehead atoms. The molecule has 1 aromatic rings. The molecule has 0 radical (unpaired) electrons. The van der Waals surface area contributed by atoms with E-state index in [4.69, 9.17) is 4.74 Å². The molecular formula is C14H19NO4S. The van der Waals surface area contributed by atoms with Crippen LogP contribution in [0, 0.1) is 0 Å². The van der Waals surface area contributed by atoms with Crippen molar-refractivity contribution in [1.82, 2.24) is 4.31 Å². The maximum Gasteiger partial charge on any atom is 0.243 e. The van der Waals surface area contributed by atoms with Crippen molar-refractivity contribution in [3.63, 3.8) is 0 Å². The summed E-state index contributed by atoms with van der Waals surface area (Å²) in [6.07, 6.45) is 0.582. The highest BCUT2D eigenvalue weighted by molar-refractivity contribution is 7.89. The van der Waals surface area contributed by atoms with Crippen LogP contribution >= 0.6 is 0 Å². The van der Waals surface area contributed by atoms with Crippen molar-refractivity contribution in [3.05, 3.63) is 29.8 Å². The number of Topliss-reactive ketones (excluding diaryl/α,β-unsaturated/α-hetero) is 1. The summed E-state index contributed by atoms with van der Waals surface area (Å²) in [4.78, 5) is 11.4. The van der Waals surface area contributed by atoms with E-state index in [1.54, 1.807) is 12.1 Å². The Morgan fingerprint density at radius 3 is 2.55 bits per heavy atom. The van der Waals surface area contributed by atoms with E-state index in [-0.39, 0.29) is 16.8 Å². The molecule has 1 aliphatic rings.